The van der Waals surface area contributed by atoms with Crippen LogP contribution < -0.4 is 10.6 Å². The largest absolute Gasteiger partial charge is 0.351 e. The molecular formula is C16H22N4. The molecule has 2 aromatic rings. The number of anilines is 1. The summed E-state index contributed by atoms with van der Waals surface area (Å²) in [6, 6.07) is 8.28. The molecule has 0 unspecified atom stereocenters. The Morgan fingerprint density at radius 1 is 1.10 bits per heavy atom. The minimum Gasteiger partial charge on any atom is -0.351 e. The standard InChI is InChI=1S/C16H22N4/c1-4-20(16-10-18-12(2)13(3)19-16)11-15-8-6-5-7-14(15)9-17/h5-8,10H,4,9,11,17H2,1-3H3. The molecule has 0 aliphatic heterocycles. The van der Waals surface area contributed by atoms with Crippen LogP contribution in [0.3, 0.4) is 0 Å². The summed E-state index contributed by atoms with van der Waals surface area (Å²) in [7, 11) is 0. The highest BCUT2D eigenvalue weighted by Gasteiger charge is 2.10. The third kappa shape index (κ3) is 3.14. The van der Waals surface area contributed by atoms with Crippen molar-refractivity contribution in [3.05, 3.63) is 53.0 Å². The summed E-state index contributed by atoms with van der Waals surface area (Å²) in [5, 5.41) is 0. The SMILES string of the molecule is CCN(Cc1ccccc1CN)c1cnc(C)c(C)n1. The Morgan fingerprint density at radius 2 is 1.80 bits per heavy atom. The monoisotopic (exact) mass is 270 g/mol. The van der Waals surface area contributed by atoms with Gasteiger partial charge in [0.1, 0.15) is 5.82 Å². The average Bonchev–Trinajstić information content (AvgIpc) is 2.48. The van der Waals surface area contributed by atoms with E-state index in [2.05, 4.69) is 40.0 Å². The van der Waals surface area contributed by atoms with E-state index in [0.717, 1.165) is 30.3 Å². The van der Waals surface area contributed by atoms with Gasteiger partial charge in [0.05, 0.1) is 17.6 Å². The van der Waals surface area contributed by atoms with Gasteiger partial charge < -0.3 is 10.6 Å². The van der Waals surface area contributed by atoms with Crippen molar-refractivity contribution in [1.29, 1.82) is 0 Å². The summed E-state index contributed by atoms with van der Waals surface area (Å²) in [6.07, 6.45) is 1.84. The van der Waals surface area contributed by atoms with Gasteiger partial charge in [-0.25, -0.2) is 4.98 Å². The predicted molar refractivity (Wildman–Crippen MR) is 82.6 cm³/mol. The van der Waals surface area contributed by atoms with Crippen molar-refractivity contribution in [2.24, 2.45) is 5.73 Å². The maximum atomic E-state index is 5.80. The van der Waals surface area contributed by atoms with Crippen molar-refractivity contribution in [2.45, 2.75) is 33.9 Å². The fourth-order valence-corrected chi connectivity index (χ4v) is 2.15. The normalized spacial score (nSPS) is 10.6. The van der Waals surface area contributed by atoms with Gasteiger partial charge in [-0.1, -0.05) is 24.3 Å². The Bertz CT molecular complexity index is 580. The average molecular weight is 270 g/mol. The molecule has 20 heavy (non-hydrogen) atoms. The number of hydrogen-bond donors (Lipinski definition) is 1. The van der Waals surface area contributed by atoms with Crippen LogP contribution in [0.1, 0.15) is 29.4 Å². The molecule has 0 amide bonds. The maximum Gasteiger partial charge on any atom is 0.147 e. The summed E-state index contributed by atoms with van der Waals surface area (Å²) in [5.74, 6) is 0.919. The van der Waals surface area contributed by atoms with Crippen molar-refractivity contribution < 1.29 is 0 Å². The molecule has 0 aliphatic carbocycles. The molecule has 1 aromatic carbocycles. The lowest BCUT2D eigenvalue weighted by Crippen LogP contribution is -2.24. The highest BCUT2D eigenvalue weighted by atomic mass is 15.2. The van der Waals surface area contributed by atoms with Gasteiger partial charge in [-0.05, 0) is 31.9 Å². The molecular weight excluding hydrogens is 248 g/mol. The molecule has 0 radical (unpaired) electrons. The van der Waals surface area contributed by atoms with Crippen LogP contribution >= 0.6 is 0 Å². The lowest BCUT2D eigenvalue weighted by atomic mass is 10.1. The van der Waals surface area contributed by atoms with Crippen LogP contribution in [-0.2, 0) is 13.1 Å². The van der Waals surface area contributed by atoms with E-state index in [1.165, 1.54) is 11.1 Å². The fourth-order valence-electron chi connectivity index (χ4n) is 2.15. The summed E-state index contributed by atoms with van der Waals surface area (Å²) in [4.78, 5) is 11.2. The summed E-state index contributed by atoms with van der Waals surface area (Å²) >= 11 is 0. The fraction of sp³-hybridized carbons (Fsp3) is 0.375. The Kier molecular flexibility index (Phi) is 4.69. The maximum absolute atomic E-state index is 5.80. The molecule has 0 aliphatic rings. The molecule has 0 fully saturated rings. The zero-order chi connectivity index (χ0) is 14.5. The van der Waals surface area contributed by atoms with Crippen LogP contribution in [0, 0.1) is 13.8 Å². The molecule has 106 valence electrons. The number of aromatic nitrogens is 2. The van der Waals surface area contributed by atoms with E-state index in [0.29, 0.717) is 6.54 Å². The summed E-state index contributed by atoms with van der Waals surface area (Å²) in [6.45, 7) is 8.35. The van der Waals surface area contributed by atoms with Gasteiger partial charge in [-0.15, -0.1) is 0 Å². The van der Waals surface area contributed by atoms with Gasteiger partial charge in [0, 0.05) is 19.6 Å². The molecule has 4 nitrogen and oxygen atoms in total. The molecule has 4 heteroatoms. The Labute approximate surface area is 120 Å². The van der Waals surface area contributed by atoms with E-state index < -0.39 is 0 Å². The minimum atomic E-state index is 0.562. The van der Waals surface area contributed by atoms with Gasteiger partial charge >= 0.3 is 0 Å². The van der Waals surface area contributed by atoms with Crippen LogP contribution in [0.4, 0.5) is 5.82 Å². The molecule has 1 heterocycles. The van der Waals surface area contributed by atoms with Gasteiger partial charge in [-0.3, -0.25) is 4.98 Å². The Balaban J connectivity index is 2.26. The molecule has 0 saturated carbocycles. The third-order valence-corrected chi connectivity index (χ3v) is 3.58. The van der Waals surface area contributed by atoms with Crippen LogP contribution in [0.5, 0.6) is 0 Å². The first-order valence-corrected chi connectivity index (χ1v) is 6.97. The van der Waals surface area contributed by atoms with Crippen molar-refractivity contribution in [2.75, 3.05) is 11.4 Å². The molecule has 0 bridgehead atoms. The Hall–Kier alpha value is -1.94. The zero-order valence-electron chi connectivity index (χ0n) is 12.4. The first kappa shape index (κ1) is 14.5. The topological polar surface area (TPSA) is 55.0 Å². The van der Waals surface area contributed by atoms with Crippen molar-refractivity contribution in [1.82, 2.24) is 9.97 Å². The second kappa shape index (κ2) is 6.48. The smallest absolute Gasteiger partial charge is 0.147 e. The second-order valence-corrected chi connectivity index (χ2v) is 4.89. The number of hydrogen-bond acceptors (Lipinski definition) is 4. The van der Waals surface area contributed by atoms with E-state index in [9.17, 15) is 0 Å². The Morgan fingerprint density at radius 3 is 2.40 bits per heavy atom. The molecule has 0 saturated heterocycles. The number of benzene rings is 1. The first-order valence-electron chi connectivity index (χ1n) is 6.97. The molecule has 0 atom stereocenters. The van der Waals surface area contributed by atoms with E-state index >= 15 is 0 Å². The first-order chi connectivity index (χ1) is 9.65. The molecule has 1 aromatic heterocycles. The van der Waals surface area contributed by atoms with Crippen LogP contribution in [0.25, 0.3) is 0 Å². The van der Waals surface area contributed by atoms with Crippen LogP contribution in [-0.4, -0.2) is 16.5 Å². The highest BCUT2D eigenvalue weighted by molar-refractivity contribution is 5.40. The van der Waals surface area contributed by atoms with Crippen molar-refractivity contribution in [3.63, 3.8) is 0 Å². The van der Waals surface area contributed by atoms with E-state index in [4.69, 9.17) is 5.73 Å². The van der Waals surface area contributed by atoms with E-state index in [1.54, 1.807) is 0 Å². The third-order valence-electron chi connectivity index (χ3n) is 3.58. The zero-order valence-corrected chi connectivity index (χ0v) is 12.4. The molecule has 2 rings (SSSR count). The van der Waals surface area contributed by atoms with Gasteiger partial charge in [-0.2, -0.15) is 0 Å². The van der Waals surface area contributed by atoms with E-state index in [-0.39, 0.29) is 0 Å². The molecule has 2 N–H and O–H groups in total. The highest BCUT2D eigenvalue weighted by Crippen LogP contribution is 2.17. The van der Waals surface area contributed by atoms with Crippen molar-refractivity contribution in [3.8, 4) is 0 Å². The van der Waals surface area contributed by atoms with Crippen molar-refractivity contribution >= 4 is 5.82 Å². The van der Waals surface area contributed by atoms with Gasteiger partial charge in [0.25, 0.3) is 0 Å². The molecule has 0 spiro atoms. The van der Waals surface area contributed by atoms with Crippen LogP contribution in [0.2, 0.25) is 0 Å². The number of nitrogens with two attached hydrogens (primary N) is 1. The van der Waals surface area contributed by atoms with Crippen LogP contribution in [0.15, 0.2) is 30.5 Å². The number of rotatable bonds is 5. The van der Waals surface area contributed by atoms with E-state index in [1.807, 2.05) is 26.1 Å². The number of aryl methyl sites for hydroxylation is 2. The minimum absolute atomic E-state index is 0.562. The summed E-state index contributed by atoms with van der Waals surface area (Å²) in [5.41, 5.74) is 10.2. The summed E-state index contributed by atoms with van der Waals surface area (Å²) < 4.78 is 0. The second-order valence-electron chi connectivity index (χ2n) is 4.89. The predicted octanol–water partition coefficient (Wildman–Crippen LogP) is 2.58. The lowest BCUT2D eigenvalue weighted by Gasteiger charge is -2.23. The lowest BCUT2D eigenvalue weighted by molar-refractivity contribution is 0.793. The van der Waals surface area contributed by atoms with Gasteiger partial charge in [0.2, 0.25) is 0 Å². The van der Waals surface area contributed by atoms with Gasteiger partial charge in [0.15, 0.2) is 0 Å². The quantitative estimate of drug-likeness (QED) is 0.907. The number of nitrogens with zero attached hydrogens (tertiary/aromatic N) is 3.